The maximum absolute atomic E-state index is 11.9. The number of nitriles is 1. The van der Waals surface area contributed by atoms with Crippen LogP contribution in [0.1, 0.15) is 56.7 Å². The van der Waals surface area contributed by atoms with Crippen LogP contribution in [0.4, 0.5) is 0 Å². The molecule has 2 unspecified atom stereocenters. The fourth-order valence-electron chi connectivity index (χ4n) is 3.53. The average molecular weight is 286 g/mol. The molecule has 0 aromatic heterocycles. The van der Waals surface area contributed by atoms with Crippen LogP contribution in [0, 0.1) is 11.3 Å². The molecule has 1 heterocycles. The minimum absolute atomic E-state index is 0.00319. The lowest BCUT2D eigenvalue weighted by Gasteiger charge is -2.39. The molecule has 1 N–H and O–H groups in total. The topological polar surface area (TPSA) is 64.3 Å². The van der Waals surface area contributed by atoms with Gasteiger partial charge in [0.25, 0.3) is 0 Å². The zero-order valence-corrected chi connectivity index (χ0v) is 12.7. The van der Waals surface area contributed by atoms with Crippen LogP contribution < -0.4 is 0 Å². The van der Waals surface area contributed by atoms with E-state index in [9.17, 15) is 9.90 Å². The Balaban J connectivity index is 2.34. The van der Waals surface area contributed by atoms with E-state index in [4.69, 9.17) is 5.26 Å². The highest BCUT2D eigenvalue weighted by Crippen LogP contribution is 2.40. The summed E-state index contributed by atoms with van der Waals surface area (Å²) in [5.41, 5.74) is 0.879. The molecule has 4 heteroatoms. The van der Waals surface area contributed by atoms with Crippen molar-refractivity contribution in [2.75, 3.05) is 6.54 Å². The number of carboxylic acids is 1. The predicted molar refractivity (Wildman–Crippen MR) is 80.8 cm³/mol. The average Bonchev–Trinajstić information content (AvgIpc) is 2.92. The second-order valence-electron chi connectivity index (χ2n) is 5.80. The van der Waals surface area contributed by atoms with E-state index in [2.05, 4.69) is 11.0 Å². The van der Waals surface area contributed by atoms with Crippen LogP contribution in [0.5, 0.6) is 0 Å². The van der Waals surface area contributed by atoms with Gasteiger partial charge in [-0.15, -0.1) is 0 Å². The maximum atomic E-state index is 11.9. The Morgan fingerprint density at radius 3 is 2.95 bits per heavy atom. The lowest BCUT2D eigenvalue weighted by atomic mass is 9.88. The van der Waals surface area contributed by atoms with Crippen molar-refractivity contribution < 1.29 is 9.90 Å². The molecule has 1 saturated heterocycles. The third kappa shape index (κ3) is 2.79. The molecule has 1 aromatic rings. The molecule has 4 nitrogen and oxygen atoms in total. The van der Waals surface area contributed by atoms with Gasteiger partial charge in [0.1, 0.15) is 5.54 Å². The number of hydrogen-bond donors (Lipinski definition) is 1. The first kappa shape index (κ1) is 15.5. The first-order chi connectivity index (χ1) is 10.0. The normalized spacial score (nSPS) is 23.7. The van der Waals surface area contributed by atoms with Crippen molar-refractivity contribution in [1.82, 2.24) is 4.90 Å². The molecular formula is C17H22N2O2. The van der Waals surface area contributed by atoms with Crippen LogP contribution in [-0.4, -0.2) is 28.1 Å². The number of carboxylic acid groups (broad SMARTS) is 1. The maximum Gasteiger partial charge on any atom is 0.324 e. The molecule has 2 atom stereocenters. The zero-order chi connectivity index (χ0) is 15.5. The molecule has 0 aliphatic carbocycles. The van der Waals surface area contributed by atoms with Crippen LogP contribution in [0.2, 0.25) is 0 Å². The molecule has 0 bridgehead atoms. The zero-order valence-electron chi connectivity index (χ0n) is 12.7. The van der Waals surface area contributed by atoms with Crippen molar-refractivity contribution in [1.29, 1.82) is 5.26 Å². The Labute approximate surface area is 126 Å². The van der Waals surface area contributed by atoms with Gasteiger partial charge in [0.2, 0.25) is 0 Å². The summed E-state index contributed by atoms with van der Waals surface area (Å²) in [5.74, 6) is -0.717. The van der Waals surface area contributed by atoms with E-state index in [0.717, 1.165) is 24.9 Å². The summed E-state index contributed by atoms with van der Waals surface area (Å²) in [4.78, 5) is 14.0. The molecule has 0 radical (unpaired) electrons. The quantitative estimate of drug-likeness (QED) is 0.901. The van der Waals surface area contributed by atoms with Crippen molar-refractivity contribution >= 4 is 5.97 Å². The number of nitrogens with zero attached hydrogens (tertiary/aromatic N) is 2. The van der Waals surface area contributed by atoms with Gasteiger partial charge in [-0.1, -0.05) is 25.5 Å². The fourth-order valence-corrected chi connectivity index (χ4v) is 3.53. The number of rotatable bonds is 5. The standard InChI is InChI=1S/C17H22N2O2/c1-3-8-17(16(20)21)9-5-10-19(17)13(2)15-7-4-6-14(11-15)12-18/h4,6-7,11,13H,3,5,8-10H2,1-2H3,(H,20,21). The van der Waals surface area contributed by atoms with Crippen LogP contribution >= 0.6 is 0 Å². The molecule has 0 saturated carbocycles. The van der Waals surface area contributed by atoms with Crippen LogP contribution in [-0.2, 0) is 4.79 Å². The minimum atomic E-state index is -0.753. The van der Waals surface area contributed by atoms with E-state index in [1.54, 1.807) is 6.07 Å². The molecule has 1 fully saturated rings. The molecule has 21 heavy (non-hydrogen) atoms. The van der Waals surface area contributed by atoms with Crippen LogP contribution in [0.15, 0.2) is 24.3 Å². The smallest absolute Gasteiger partial charge is 0.324 e. The Bertz CT molecular complexity index is 564. The summed E-state index contributed by atoms with van der Waals surface area (Å²) in [5, 5.41) is 18.8. The van der Waals surface area contributed by atoms with Crippen molar-refractivity contribution in [2.45, 2.75) is 51.1 Å². The van der Waals surface area contributed by atoms with Crippen molar-refractivity contribution in [3.8, 4) is 6.07 Å². The van der Waals surface area contributed by atoms with Gasteiger partial charge in [0.05, 0.1) is 11.6 Å². The summed E-state index contributed by atoms with van der Waals surface area (Å²) < 4.78 is 0. The summed E-state index contributed by atoms with van der Waals surface area (Å²) in [6, 6.07) is 9.63. The summed E-state index contributed by atoms with van der Waals surface area (Å²) in [6.07, 6.45) is 3.14. The van der Waals surface area contributed by atoms with E-state index in [1.807, 2.05) is 32.0 Å². The number of hydrogen-bond acceptors (Lipinski definition) is 3. The van der Waals surface area contributed by atoms with E-state index >= 15 is 0 Å². The number of benzene rings is 1. The predicted octanol–water partition coefficient (Wildman–Crippen LogP) is 3.34. The summed E-state index contributed by atoms with van der Waals surface area (Å²) in [6.45, 7) is 4.86. The van der Waals surface area contributed by atoms with Crippen molar-refractivity contribution in [2.24, 2.45) is 0 Å². The van der Waals surface area contributed by atoms with Gasteiger partial charge < -0.3 is 5.11 Å². The Morgan fingerprint density at radius 1 is 1.57 bits per heavy atom. The van der Waals surface area contributed by atoms with Crippen molar-refractivity contribution in [3.63, 3.8) is 0 Å². The first-order valence-electron chi connectivity index (χ1n) is 7.55. The Morgan fingerprint density at radius 2 is 2.33 bits per heavy atom. The van der Waals surface area contributed by atoms with E-state index in [0.29, 0.717) is 18.4 Å². The molecular weight excluding hydrogens is 264 g/mol. The highest BCUT2D eigenvalue weighted by molar-refractivity contribution is 5.79. The monoisotopic (exact) mass is 286 g/mol. The van der Waals surface area contributed by atoms with E-state index in [-0.39, 0.29) is 6.04 Å². The van der Waals surface area contributed by atoms with E-state index in [1.165, 1.54) is 0 Å². The van der Waals surface area contributed by atoms with Gasteiger partial charge in [-0.2, -0.15) is 5.26 Å². The van der Waals surface area contributed by atoms with Gasteiger partial charge in [-0.05, 0) is 50.4 Å². The minimum Gasteiger partial charge on any atom is -0.480 e. The molecule has 112 valence electrons. The highest BCUT2D eigenvalue weighted by Gasteiger charge is 2.48. The Kier molecular flexibility index (Phi) is 4.64. The summed E-state index contributed by atoms with van der Waals surface area (Å²) in [7, 11) is 0. The molecule has 1 aliphatic rings. The van der Waals surface area contributed by atoms with Crippen LogP contribution in [0.25, 0.3) is 0 Å². The third-order valence-electron chi connectivity index (χ3n) is 4.57. The second kappa shape index (κ2) is 6.28. The van der Waals surface area contributed by atoms with Gasteiger partial charge >= 0.3 is 5.97 Å². The van der Waals surface area contributed by atoms with E-state index < -0.39 is 11.5 Å². The molecule has 0 spiro atoms. The largest absolute Gasteiger partial charge is 0.480 e. The number of carbonyl (C=O) groups is 1. The molecule has 0 amide bonds. The van der Waals surface area contributed by atoms with Gasteiger partial charge in [-0.25, -0.2) is 0 Å². The lowest BCUT2D eigenvalue weighted by Crippen LogP contribution is -2.51. The number of aliphatic carboxylic acids is 1. The first-order valence-corrected chi connectivity index (χ1v) is 7.55. The van der Waals surface area contributed by atoms with Gasteiger partial charge in [-0.3, -0.25) is 9.69 Å². The molecule has 1 aromatic carbocycles. The molecule has 2 rings (SSSR count). The SMILES string of the molecule is CCCC1(C(=O)O)CCCN1C(C)c1cccc(C#N)c1. The Hall–Kier alpha value is -1.86. The summed E-state index contributed by atoms with van der Waals surface area (Å²) >= 11 is 0. The third-order valence-corrected chi connectivity index (χ3v) is 4.57. The molecule has 1 aliphatic heterocycles. The highest BCUT2D eigenvalue weighted by atomic mass is 16.4. The number of likely N-dealkylation sites (tertiary alicyclic amines) is 1. The lowest BCUT2D eigenvalue weighted by molar-refractivity contribution is -0.151. The van der Waals surface area contributed by atoms with Gasteiger partial charge in [0.15, 0.2) is 0 Å². The van der Waals surface area contributed by atoms with Gasteiger partial charge in [0, 0.05) is 6.04 Å². The van der Waals surface area contributed by atoms with Crippen LogP contribution in [0.3, 0.4) is 0 Å². The fraction of sp³-hybridized carbons (Fsp3) is 0.529. The van der Waals surface area contributed by atoms with Crippen molar-refractivity contribution in [3.05, 3.63) is 35.4 Å². The second-order valence-corrected chi connectivity index (χ2v) is 5.80.